The molecule has 1 aromatic carbocycles. The summed E-state index contributed by atoms with van der Waals surface area (Å²) in [7, 11) is 0. The van der Waals surface area contributed by atoms with E-state index in [-0.39, 0.29) is 6.04 Å². The summed E-state index contributed by atoms with van der Waals surface area (Å²) >= 11 is 4.07. The van der Waals surface area contributed by atoms with Gasteiger partial charge in [0, 0.05) is 28.6 Å². The lowest BCUT2D eigenvalue weighted by molar-refractivity contribution is 0.718. The van der Waals surface area contributed by atoms with Crippen molar-refractivity contribution in [2.45, 2.75) is 25.1 Å². The molecule has 0 bridgehead atoms. The SMILES string of the molecule is Cc1cc(C)cc(C(N)C2CSCCS2)c1. The maximum absolute atomic E-state index is 6.37. The van der Waals surface area contributed by atoms with Gasteiger partial charge in [-0.2, -0.15) is 23.5 Å². The van der Waals surface area contributed by atoms with Crippen molar-refractivity contribution in [3.8, 4) is 0 Å². The van der Waals surface area contributed by atoms with Gasteiger partial charge < -0.3 is 5.73 Å². The molecule has 16 heavy (non-hydrogen) atoms. The Morgan fingerprint density at radius 3 is 2.44 bits per heavy atom. The zero-order valence-corrected chi connectivity index (χ0v) is 11.5. The molecule has 0 aliphatic carbocycles. The zero-order chi connectivity index (χ0) is 11.5. The lowest BCUT2D eigenvalue weighted by Crippen LogP contribution is -2.28. The standard InChI is InChI=1S/C13H19NS2/c1-9-5-10(2)7-11(6-9)13(14)12-8-15-3-4-16-12/h5-7,12-13H,3-4,8,14H2,1-2H3. The Morgan fingerprint density at radius 2 is 1.88 bits per heavy atom. The van der Waals surface area contributed by atoms with Gasteiger partial charge in [-0.05, 0) is 19.4 Å². The molecule has 2 rings (SSSR count). The first-order chi connectivity index (χ1) is 7.66. The van der Waals surface area contributed by atoms with E-state index in [1.807, 2.05) is 23.5 Å². The third kappa shape index (κ3) is 2.96. The monoisotopic (exact) mass is 253 g/mol. The number of benzene rings is 1. The van der Waals surface area contributed by atoms with E-state index in [0.29, 0.717) is 5.25 Å². The predicted octanol–water partition coefficient (Wildman–Crippen LogP) is 3.15. The van der Waals surface area contributed by atoms with Crippen LogP contribution in [-0.2, 0) is 0 Å². The summed E-state index contributed by atoms with van der Waals surface area (Å²) in [5.74, 6) is 3.72. The Labute approximate surface area is 107 Å². The fourth-order valence-corrected chi connectivity index (χ4v) is 4.93. The Hall–Kier alpha value is -0.120. The summed E-state index contributed by atoms with van der Waals surface area (Å²) in [6, 6.07) is 6.87. The highest BCUT2D eigenvalue weighted by atomic mass is 32.2. The molecule has 1 fully saturated rings. The average molecular weight is 253 g/mol. The van der Waals surface area contributed by atoms with E-state index in [2.05, 4.69) is 32.0 Å². The maximum atomic E-state index is 6.37. The first-order valence-electron chi connectivity index (χ1n) is 5.70. The van der Waals surface area contributed by atoms with Gasteiger partial charge in [-0.3, -0.25) is 0 Å². The molecule has 1 nitrogen and oxygen atoms in total. The minimum absolute atomic E-state index is 0.191. The molecule has 3 heteroatoms. The summed E-state index contributed by atoms with van der Waals surface area (Å²) in [5, 5.41) is 0.583. The first-order valence-corrected chi connectivity index (χ1v) is 7.90. The van der Waals surface area contributed by atoms with E-state index in [0.717, 1.165) is 0 Å². The quantitative estimate of drug-likeness (QED) is 0.877. The largest absolute Gasteiger partial charge is 0.323 e. The van der Waals surface area contributed by atoms with Crippen LogP contribution >= 0.6 is 23.5 Å². The molecule has 0 radical (unpaired) electrons. The van der Waals surface area contributed by atoms with Crippen molar-refractivity contribution in [2.24, 2.45) is 5.73 Å². The van der Waals surface area contributed by atoms with Gasteiger partial charge >= 0.3 is 0 Å². The number of nitrogens with two attached hydrogens (primary N) is 1. The average Bonchev–Trinajstić information content (AvgIpc) is 2.28. The fraction of sp³-hybridized carbons (Fsp3) is 0.538. The summed E-state index contributed by atoms with van der Waals surface area (Å²) in [6.07, 6.45) is 0. The third-order valence-electron chi connectivity index (χ3n) is 2.87. The van der Waals surface area contributed by atoms with E-state index >= 15 is 0 Å². The van der Waals surface area contributed by atoms with Crippen LogP contribution in [0.1, 0.15) is 22.7 Å². The van der Waals surface area contributed by atoms with Crippen LogP contribution in [0.4, 0.5) is 0 Å². The van der Waals surface area contributed by atoms with E-state index in [4.69, 9.17) is 5.73 Å². The van der Waals surface area contributed by atoms with Gasteiger partial charge in [0.2, 0.25) is 0 Å². The highest BCUT2D eigenvalue weighted by Crippen LogP contribution is 2.32. The van der Waals surface area contributed by atoms with Crippen molar-refractivity contribution in [1.29, 1.82) is 0 Å². The van der Waals surface area contributed by atoms with Crippen LogP contribution in [0.2, 0.25) is 0 Å². The molecule has 2 unspecified atom stereocenters. The molecule has 2 N–H and O–H groups in total. The molecule has 1 saturated heterocycles. The summed E-state index contributed by atoms with van der Waals surface area (Å²) < 4.78 is 0. The predicted molar refractivity (Wildman–Crippen MR) is 76.4 cm³/mol. The summed E-state index contributed by atoms with van der Waals surface area (Å²) in [4.78, 5) is 0. The summed E-state index contributed by atoms with van der Waals surface area (Å²) in [5.41, 5.74) is 10.3. The van der Waals surface area contributed by atoms with Gasteiger partial charge in [0.25, 0.3) is 0 Å². The Balaban J connectivity index is 2.15. The Bertz CT molecular complexity index is 339. The molecular weight excluding hydrogens is 234 g/mol. The molecule has 1 aliphatic heterocycles. The van der Waals surface area contributed by atoms with Crippen LogP contribution in [0.15, 0.2) is 18.2 Å². The molecular formula is C13H19NS2. The molecule has 1 heterocycles. The van der Waals surface area contributed by atoms with Gasteiger partial charge in [-0.1, -0.05) is 29.3 Å². The van der Waals surface area contributed by atoms with Crippen molar-refractivity contribution in [3.05, 3.63) is 34.9 Å². The molecule has 88 valence electrons. The van der Waals surface area contributed by atoms with Crippen molar-refractivity contribution >= 4 is 23.5 Å². The van der Waals surface area contributed by atoms with Crippen LogP contribution in [0.25, 0.3) is 0 Å². The van der Waals surface area contributed by atoms with Gasteiger partial charge in [0.1, 0.15) is 0 Å². The molecule has 1 aromatic rings. The van der Waals surface area contributed by atoms with Crippen LogP contribution in [0.3, 0.4) is 0 Å². The van der Waals surface area contributed by atoms with Gasteiger partial charge in [-0.15, -0.1) is 0 Å². The van der Waals surface area contributed by atoms with E-state index in [1.165, 1.54) is 33.9 Å². The minimum atomic E-state index is 0.191. The normalized spacial score (nSPS) is 23.1. The maximum Gasteiger partial charge on any atom is 0.0423 e. The highest BCUT2D eigenvalue weighted by Gasteiger charge is 2.22. The van der Waals surface area contributed by atoms with Crippen molar-refractivity contribution in [1.82, 2.24) is 0 Å². The third-order valence-corrected chi connectivity index (χ3v) is 5.76. The van der Waals surface area contributed by atoms with Crippen molar-refractivity contribution in [2.75, 3.05) is 17.3 Å². The molecule has 0 amide bonds. The van der Waals surface area contributed by atoms with Gasteiger partial charge in [0.05, 0.1) is 0 Å². The van der Waals surface area contributed by atoms with Crippen LogP contribution < -0.4 is 5.73 Å². The highest BCUT2D eigenvalue weighted by molar-refractivity contribution is 8.06. The smallest absolute Gasteiger partial charge is 0.0423 e. The molecule has 1 aliphatic rings. The van der Waals surface area contributed by atoms with Crippen LogP contribution in [0, 0.1) is 13.8 Å². The zero-order valence-electron chi connectivity index (χ0n) is 9.90. The minimum Gasteiger partial charge on any atom is -0.323 e. The lowest BCUT2D eigenvalue weighted by atomic mass is 10.00. The second kappa shape index (κ2) is 5.48. The molecule has 2 atom stereocenters. The Kier molecular flexibility index (Phi) is 4.22. The van der Waals surface area contributed by atoms with Crippen molar-refractivity contribution in [3.63, 3.8) is 0 Å². The lowest BCUT2D eigenvalue weighted by Gasteiger charge is -2.27. The second-order valence-corrected chi connectivity index (χ2v) is 6.93. The van der Waals surface area contributed by atoms with Crippen molar-refractivity contribution < 1.29 is 0 Å². The Morgan fingerprint density at radius 1 is 1.19 bits per heavy atom. The van der Waals surface area contributed by atoms with E-state index in [9.17, 15) is 0 Å². The summed E-state index contributed by atoms with van der Waals surface area (Å²) in [6.45, 7) is 4.29. The van der Waals surface area contributed by atoms with Crippen LogP contribution in [-0.4, -0.2) is 22.5 Å². The first kappa shape index (κ1) is 12.3. The molecule has 0 saturated carbocycles. The van der Waals surface area contributed by atoms with E-state index in [1.54, 1.807) is 0 Å². The number of aryl methyl sites for hydroxylation is 2. The van der Waals surface area contributed by atoms with E-state index < -0.39 is 0 Å². The van der Waals surface area contributed by atoms with Crippen LogP contribution in [0.5, 0.6) is 0 Å². The topological polar surface area (TPSA) is 26.0 Å². The van der Waals surface area contributed by atoms with Gasteiger partial charge in [-0.25, -0.2) is 0 Å². The number of rotatable bonds is 2. The molecule has 0 spiro atoms. The fourth-order valence-electron chi connectivity index (χ4n) is 2.13. The number of hydrogen-bond acceptors (Lipinski definition) is 3. The van der Waals surface area contributed by atoms with Gasteiger partial charge in [0.15, 0.2) is 0 Å². The molecule has 0 aromatic heterocycles. The number of hydrogen-bond donors (Lipinski definition) is 1. The number of thioether (sulfide) groups is 2. The second-order valence-electron chi connectivity index (χ2n) is 4.43.